The van der Waals surface area contributed by atoms with Crippen LogP contribution >= 0.6 is 0 Å². The van der Waals surface area contributed by atoms with Crippen LogP contribution in [-0.2, 0) is 9.47 Å². The van der Waals surface area contributed by atoms with Crippen LogP contribution in [0.15, 0.2) is 0 Å². The van der Waals surface area contributed by atoms with Crippen molar-refractivity contribution in [3.05, 3.63) is 0 Å². The minimum Gasteiger partial charge on any atom is -0.376 e. The number of rotatable bonds is 1. The average molecular weight is 217 g/mol. The fourth-order valence-corrected chi connectivity index (χ4v) is 2.39. The van der Waals surface area contributed by atoms with Crippen molar-refractivity contribution in [1.82, 2.24) is 4.90 Å². The standard InChI is InChI=1S/C10H19NO4/c1-7-4-8(5-10(13)15-7)11-2-3-14-6-9(11)12/h7-10,12-13H,2-6H2,1H3/t7-,8+,9+,10+/m0/s1. The molecule has 0 aromatic carbocycles. The SMILES string of the molecule is C[C@H]1C[C@@H](N2CCOC[C@H]2O)C[C@H](O)O1. The van der Waals surface area contributed by atoms with Gasteiger partial charge in [0.15, 0.2) is 6.29 Å². The first-order valence-electron chi connectivity index (χ1n) is 5.52. The van der Waals surface area contributed by atoms with Crippen LogP contribution in [0.2, 0.25) is 0 Å². The normalized spacial score (nSPS) is 44.2. The van der Waals surface area contributed by atoms with E-state index in [0.717, 1.165) is 13.0 Å². The topological polar surface area (TPSA) is 62.2 Å². The highest BCUT2D eigenvalue weighted by Gasteiger charge is 2.34. The highest BCUT2D eigenvalue weighted by atomic mass is 16.6. The predicted octanol–water partition coefficient (Wildman–Crippen LogP) is -0.477. The first kappa shape index (κ1) is 11.3. The van der Waals surface area contributed by atoms with E-state index in [2.05, 4.69) is 0 Å². The van der Waals surface area contributed by atoms with Crippen LogP contribution in [-0.4, -0.2) is 59.5 Å². The lowest BCUT2D eigenvalue weighted by Crippen LogP contribution is -2.54. The lowest BCUT2D eigenvalue weighted by Gasteiger charge is -2.42. The summed E-state index contributed by atoms with van der Waals surface area (Å²) in [5.41, 5.74) is 0. The molecule has 0 unspecified atom stereocenters. The predicted molar refractivity (Wildman–Crippen MR) is 53.1 cm³/mol. The van der Waals surface area contributed by atoms with Gasteiger partial charge in [0.2, 0.25) is 0 Å². The van der Waals surface area contributed by atoms with Gasteiger partial charge >= 0.3 is 0 Å². The molecule has 0 amide bonds. The summed E-state index contributed by atoms with van der Waals surface area (Å²) in [5.74, 6) is 0. The maximum atomic E-state index is 9.77. The lowest BCUT2D eigenvalue weighted by molar-refractivity contribution is -0.200. The summed E-state index contributed by atoms with van der Waals surface area (Å²) >= 11 is 0. The molecule has 0 saturated carbocycles. The first-order chi connectivity index (χ1) is 7.16. The summed E-state index contributed by atoms with van der Waals surface area (Å²) in [7, 11) is 0. The Balaban J connectivity index is 1.95. The molecule has 15 heavy (non-hydrogen) atoms. The molecule has 2 aliphatic rings. The Labute approximate surface area is 89.6 Å². The monoisotopic (exact) mass is 217 g/mol. The second-order valence-electron chi connectivity index (χ2n) is 4.32. The van der Waals surface area contributed by atoms with E-state index < -0.39 is 12.5 Å². The summed E-state index contributed by atoms with van der Waals surface area (Å²) in [5, 5.41) is 19.3. The summed E-state index contributed by atoms with van der Waals surface area (Å²) in [4.78, 5) is 2.01. The number of hydrogen-bond acceptors (Lipinski definition) is 5. The van der Waals surface area contributed by atoms with Crippen LogP contribution in [0.4, 0.5) is 0 Å². The van der Waals surface area contributed by atoms with Gasteiger partial charge in [0.1, 0.15) is 6.23 Å². The van der Waals surface area contributed by atoms with Gasteiger partial charge in [-0.1, -0.05) is 0 Å². The highest BCUT2D eigenvalue weighted by Crippen LogP contribution is 2.24. The van der Waals surface area contributed by atoms with E-state index in [1.165, 1.54) is 0 Å². The molecule has 2 rings (SSSR count). The Morgan fingerprint density at radius 2 is 2.07 bits per heavy atom. The van der Waals surface area contributed by atoms with Crippen LogP contribution in [0.1, 0.15) is 19.8 Å². The fourth-order valence-electron chi connectivity index (χ4n) is 2.39. The van der Waals surface area contributed by atoms with Gasteiger partial charge in [-0.05, 0) is 13.3 Å². The van der Waals surface area contributed by atoms with Gasteiger partial charge in [-0.2, -0.15) is 0 Å². The van der Waals surface area contributed by atoms with Gasteiger partial charge in [0.25, 0.3) is 0 Å². The zero-order chi connectivity index (χ0) is 10.8. The van der Waals surface area contributed by atoms with Crippen molar-refractivity contribution in [2.24, 2.45) is 0 Å². The molecule has 2 aliphatic heterocycles. The molecule has 88 valence electrons. The minimum absolute atomic E-state index is 0.0498. The Morgan fingerprint density at radius 3 is 2.73 bits per heavy atom. The molecule has 4 atom stereocenters. The maximum absolute atomic E-state index is 9.77. The Kier molecular flexibility index (Phi) is 3.58. The molecule has 0 aliphatic carbocycles. The second kappa shape index (κ2) is 4.76. The molecule has 5 nitrogen and oxygen atoms in total. The summed E-state index contributed by atoms with van der Waals surface area (Å²) in [6.45, 7) is 3.69. The number of ether oxygens (including phenoxy) is 2. The fraction of sp³-hybridized carbons (Fsp3) is 1.00. The van der Waals surface area contributed by atoms with Crippen LogP contribution in [0.5, 0.6) is 0 Å². The molecule has 0 aromatic rings. The highest BCUT2D eigenvalue weighted by molar-refractivity contribution is 4.82. The van der Waals surface area contributed by atoms with Gasteiger partial charge in [-0.25, -0.2) is 0 Å². The second-order valence-corrected chi connectivity index (χ2v) is 4.32. The third kappa shape index (κ3) is 2.68. The van der Waals surface area contributed by atoms with Crippen molar-refractivity contribution in [3.8, 4) is 0 Å². The Morgan fingerprint density at radius 1 is 1.27 bits per heavy atom. The van der Waals surface area contributed by atoms with Crippen LogP contribution in [0.3, 0.4) is 0 Å². The zero-order valence-electron chi connectivity index (χ0n) is 9.00. The van der Waals surface area contributed by atoms with Crippen molar-refractivity contribution in [2.45, 2.75) is 44.4 Å². The van der Waals surface area contributed by atoms with E-state index in [9.17, 15) is 10.2 Å². The number of hydrogen-bond donors (Lipinski definition) is 2. The first-order valence-corrected chi connectivity index (χ1v) is 5.52. The molecule has 5 heteroatoms. The molecule has 2 N–H and O–H groups in total. The van der Waals surface area contributed by atoms with Gasteiger partial charge in [-0.15, -0.1) is 0 Å². The van der Waals surface area contributed by atoms with E-state index in [1.54, 1.807) is 0 Å². The summed E-state index contributed by atoms with van der Waals surface area (Å²) < 4.78 is 10.4. The largest absolute Gasteiger partial charge is 0.376 e. The quantitative estimate of drug-likeness (QED) is 0.621. The molecule has 2 heterocycles. The number of morpholine rings is 1. The molecule has 0 aromatic heterocycles. The van der Waals surface area contributed by atoms with Crippen molar-refractivity contribution in [1.29, 1.82) is 0 Å². The Bertz CT molecular complexity index is 204. The van der Waals surface area contributed by atoms with Gasteiger partial charge in [0, 0.05) is 19.0 Å². The summed E-state index contributed by atoms with van der Waals surface area (Å²) in [6, 6.07) is 0.197. The van der Waals surface area contributed by atoms with Crippen molar-refractivity contribution in [2.75, 3.05) is 19.8 Å². The minimum atomic E-state index is -0.700. The van der Waals surface area contributed by atoms with E-state index in [0.29, 0.717) is 19.6 Å². The summed E-state index contributed by atoms with van der Waals surface area (Å²) in [6.07, 6.45) is 0.235. The number of aliphatic hydroxyl groups is 2. The lowest BCUT2D eigenvalue weighted by atomic mass is 10.0. The van der Waals surface area contributed by atoms with E-state index in [4.69, 9.17) is 9.47 Å². The number of nitrogens with zero attached hydrogens (tertiary/aromatic N) is 1. The third-order valence-electron chi connectivity index (χ3n) is 3.08. The zero-order valence-corrected chi connectivity index (χ0v) is 9.00. The molecule has 0 spiro atoms. The molecular formula is C10H19NO4. The van der Waals surface area contributed by atoms with E-state index >= 15 is 0 Å². The maximum Gasteiger partial charge on any atom is 0.156 e. The average Bonchev–Trinajstić information content (AvgIpc) is 2.16. The Hall–Kier alpha value is -0.200. The smallest absolute Gasteiger partial charge is 0.156 e. The molecule has 2 fully saturated rings. The molecule has 2 saturated heterocycles. The van der Waals surface area contributed by atoms with Crippen molar-refractivity contribution >= 4 is 0 Å². The molecule has 0 bridgehead atoms. The third-order valence-corrected chi connectivity index (χ3v) is 3.08. The van der Waals surface area contributed by atoms with Crippen LogP contribution < -0.4 is 0 Å². The van der Waals surface area contributed by atoms with Crippen molar-refractivity contribution in [3.63, 3.8) is 0 Å². The van der Waals surface area contributed by atoms with Gasteiger partial charge < -0.3 is 19.7 Å². The van der Waals surface area contributed by atoms with Gasteiger partial charge in [-0.3, -0.25) is 4.90 Å². The van der Waals surface area contributed by atoms with Crippen molar-refractivity contribution < 1.29 is 19.7 Å². The molecule has 0 radical (unpaired) electrons. The van der Waals surface area contributed by atoms with Crippen LogP contribution in [0, 0.1) is 0 Å². The molecular weight excluding hydrogens is 198 g/mol. The van der Waals surface area contributed by atoms with E-state index in [-0.39, 0.29) is 12.1 Å². The van der Waals surface area contributed by atoms with E-state index in [1.807, 2.05) is 11.8 Å². The van der Waals surface area contributed by atoms with Crippen LogP contribution in [0.25, 0.3) is 0 Å². The van der Waals surface area contributed by atoms with Gasteiger partial charge in [0.05, 0.1) is 19.3 Å². The number of aliphatic hydroxyl groups excluding tert-OH is 2.